The van der Waals surface area contributed by atoms with E-state index >= 15 is 0 Å². The molecular formula is C11H24ClNO4S. The number of nitrogens with zero attached hydrogens (tertiary/aromatic N) is 1. The highest BCUT2D eigenvalue weighted by Crippen LogP contribution is 2.12. The molecule has 110 valence electrons. The van der Waals surface area contributed by atoms with Crippen molar-refractivity contribution in [2.24, 2.45) is 5.92 Å². The molecule has 1 unspecified atom stereocenters. The Morgan fingerprint density at radius 1 is 1.28 bits per heavy atom. The van der Waals surface area contributed by atoms with Gasteiger partial charge in [-0.1, -0.05) is 6.92 Å². The zero-order chi connectivity index (χ0) is 14.2. The van der Waals surface area contributed by atoms with Crippen LogP contribution in [0.5, 0.6) is 0 Å². The number of aliphatic hydroxyl groups excluding tert-OH is 1. The maximum atomic E-state index is 12.2. The quantitative estimate of drug-likeness (QED) is 0.481. The normalized spacial score (nSPS) is 14.4. The molecule has 0 amide bonds. The van der Waals surface area contributed by atoms with Gasteiger partial charge >= 0.3 is 0 Å². The molecule has 18 heavy (non-hydrogen) atoms. The third-order valence-electron chi connectivity index (χ3n) is 2.38. The van der Waals surface area contributed by atoms with Crippen LogP contribution < -0.4 is 0 Å². The fourth-order valence-corrected chi connectivity index (χ4v) is 3.80. The van der Waals surface area contributed by atoms with E-state index in [0.29, 0.717) is 12.4 Å². The van der Waals surface area contributed by atoms with Gasteiger partial charge < -0.3 is 9.84 Å². The lowest BCUT2D eigenvalue weighted by Crippen LogP contribution is -2.42. The standard InChI is InChI=1S/C11H24ClNO4S/c1-10(2)13(4-6-17-7-5-14)18(15,16)9-11(3)8-12/h10-11,14H,4-9H2,1-3H3. The van der Waals surface area contributed by atoms with Crippen molar-refractivity contribution in [2.45, 2.75) is 26.8 Å². The van der Waals surface area contributed by atoms with E-state index in [-0.39, 0.29) is 37.5 Å². The minimum atomic E-state index is -3.31. The van der Waals surface area contributed by atoms with Crippen LogP contribution in [0, 0.1) is 5.92 Å². The van der Waals surface area contributed by atoms with Crippen molar-refractivity contribution >= 4 is 21.6 Å². The molecular weight excluding hydrogens is 278 g/mol. The van der Waals surface area contributed by atoms with Crippen molar-refractivity contribution in [1.82, 2.24) is 4.31 Å². The Labute approximate surface area is 115 Å². The first-order valence-electron chi connectivity index (χ1n) is 6.09. The largest absolute Gasteiger partial charge is 0.394 e. The zero-order valence-corrected chi connectivity index (χ0v) is 12.9. The highest BCUT2D eigenvalue weighted by molar-refractivity contribution is 7.89. The van der Waals surface area contributed by atoms with Gasteiger partial charge in [0.1, 0.15) is 0 Å². The van der Waals surface area contributed by atoms with Crippen LogP contribution in [0.2, 0.25) is 0 Å². The number of hydrogen-bond acceptors (Lipinski definition) is 4. The molecule has 0 saturated carbocycles. The van der Waals surface area contributed by atoms with Crippen molar-refractivity contribution in [1.29, 1.82) is 0 Å². The van der Waals surface area contributed by atoms with Gasteiger partial charge in [0.2, 0.25) is 10.0 Å². The predicted molar refractivity (Wildman–Crippen MR) is 73.4 cm³/mol. The predicted octanol–water partition coefficient (Wildman–Crippen LogP) is 0.910. The lowest BCUT2D eigenvalue weighted by molar-refractivity contribution is 0.0827. The Kier molecular flexibility index (Phi) is 9.15. The molecule has 0 heterocycles. The molecule has 0 aliphatic rings. The summed E-state index contributed by atoms with van der Waals surface area (Å²) in [6.45, 7) is 6.22. The molecule has 0 fully saturated rings. The summed E-state index contributed by atoms with van der Waals surface area (Å²) in [6.07, 6.45) is 0. The van der Waals surface area contributed by atoms with Crippen LogP contribution in [0.3, 0.4) is 0 Å². The molecule has 0 aromatic rings. The van der Waals surface area contributed by atoms with Crippen LogP contribution in [-0.4, -0.2) is 61.9 Å². The van der Waals surface area contributed by atoms with Crippen LogP contribution in [0.25, 0.3) is 0 Å². The van der Waals surface area contributed by atoms with Crippen LogP contribution >= 0.6 is 11.6 Å². The number of aliphatic hydroxyl groups is 1. The SMILES string of the molecule is CC(CCl)CS(=O)(=O)N(CCOCCO)C(C)C. The molecule has 5 nitrogen and oxygen atoms in total. The third-order valence-corrected chi connectivity index (χ3v) is 5.22. The van der Waals surface area contributed by atoms with Gasteiger partial charge in [-0.05, 0) is 19.8 Å². The second kappa shape index (κ2) is 9.09. The van der Waals surface area contributed by atoms with Crippen molar-refractivity contribution in [3.8, 4) is 0 Å². The Bertz CT molecular complexity index is 308. The summed E-state index contributed by atoms with van der Waals surface area (Å²) in [4.78, 5) is 0. The molecule has 7 heteroatoms. The molecule has 0 aliphatic carbocycles. The van der Waals surface area contributed by atoms with E-state index in [1.54, 1.807) is 0 Å². The minimum Gasteiger partial charge on any atom is -0.394 e. The molecule has 0 bridgehead atoms. The number of alkyl halides is 1. The molecule has 0 aliphatic heterocycles. The Morgan fingerprint density at radius 2 is 1.89 bits per heavy atom. The van der Waals surface area contributed by atoms with E-state index in [0.717, 1.165) is 0 Å². The van der Waals surface area contributed by atoms with Gasteiger partial charge in [0.25, 0.3) is 0 Å². The summed E-state index contributed by atoms with van der Waals surface area (Å²) < 4.78 is 30.9. The minimum absolute atomic E-state index is 0.0503. The van der Waals surface area contributed by atoms with Gasteiger partial charge in [-0.3, -0.25) is 0 Å². The topological polar surface area (TPSA) is 66.8 Å². The number of hydrogen-bond donors (Lipinski definition) is 1. The summed E-state index contributed by atoms with van der Waals surface area (Å²) in [6, 6.07) is -0.116. The lowest BCUT2D eigenvalue weighted by Gasteiger charge is -2.26. The van der Waals surface area contributed by atoms with Gasteiger partial charge in [0, 0.05) is 18.5 Å². The maximum absolute atomic E-state index is 12.2. The van der Waals surface area contributed by atoms with E-state index in [4.69, 9.17) is 21.4 Å². The summed E-state index contributed by atoms with van der Waals surface area (Å²) in [5.74, 6) is 0.303. The Balaban J connectivity index is 4.48. The molecule has 0 radical (unpaired) electrons. The summed E-state index contributed by atoms with van der Waals surface area (Å²) >= 11 is 5.65. The van der Waals surface area contributed by atoms with E-state index in [1.807, 2.05) is 20.8 Å². The molecule has 0 aromatic carbocycles. The molecule has 0 saturated heterocycles. The Hall–Kier alpha value is 0.120. The highest BCUT2D eigenvalue weighted by Gasteiger charge is 2.26. The second-order valence-corrected chi connectivity index (χ2v) is 6.85. The van der Waals surface area contributed by atoms with Gasteiger partial charge in [-0.25, -0.2) is 8.42 Å². The summed E-state index contributed by atoms with van der Waals surface area (Å²) in [7, 11) is -3.31. The van der Waals surface area contributed by atoms with E-state index < -0.39 is 10.0 Å². The first kappa shape index (κ1) is 18.1. The van der Waals surface area contributed by atoms with Crippen molar-refractivity contribution in [2.75, 3.05) is 38.0 Å². The van der Waals surface area contributed by atoms with Crippen LogP contribution in [0.1, 0.15) is 20.8 Å². The summed E-state index contributed by atoms with van der Waals surface area (Å²) in [5.41, 5.74) is 0. The lowest BCUT2D eigenvalue weighted by atomic mass is 10.3. The van der Waals surface area contributed by atoms with Crippen molar-refractivity contribution in [3.63, 3.8) is 0 Å². The molecule has 0 rings (SSSR count). The molecule has 0 aromatic heterocycles. The number of halogens is 1. The summed E-state index contributed by atoms with van der Waals surface area (Å²) in [5, 5.41) is 8.58. The zero-order valence-electron chi connectivity index (χ0n) is 11.3. The third kappa shape index (κ3) is 6.89. The Morgan fingerprint density at radius 3 is 2.33 bits per heavy atom. The first-order valence-corrected chi connectivity index (χ1v) is 8.23. The maximum Gasteiger partial charge on any atom is 0.214 e. The van der Waals surface area contributed by atoms with Gasteiger partial charge in [0.05, 0.1) is 25.6 Å². The first-order chi connectivity index (χ1) is 8.35. The van der Waals surface area contributed by atoms with Gasteiger partial charge in [-0.15, -0.1) is 11.6 Å². The monoisotopic (exact) mass is 301 g/mol. The average molecular weight is 302 g/mol. The van der Waals surface area contributed by atoms with Crippen LogP contribution in [0.4, 0.5) is 0 Å². The van der Waals surface area contributed by atoms with E-state index in [1.165, 1.54) is 4.31 Å². The van der Waals surface area contributed by atoms with E-state index in [9.17, 15) is 8.42 Å². The van der Waals surface area contributed by atoms with Crippen molar-refractivity contribution < 1.29 is 18.3 Å². The number of rotatable bonds is 10. The second-order valence-electron chi connectivity index (χ2n) is 4.58. The number of sulfonamides is 1. The fourth-order valence-electron chi connectivity index (χ4n) is 1.54. The molecule has 0 spiro atoms. The van der Waals surface area contributed by atoms with Crippen LogP contribution in [-0.2, 0) is 14.8 Å². The van der Waals surface area contributed by atoms with Gasteiger partial charge in [0.15, 0.2) is 0 Å². The molecule has 1 N–H and O–H groups in total. The van der Waals surface area contributed by atoms with Crippen LogP contribution in [0.15, 0.2) is 0 Å². The van der Waals surface area contributed by atoms with Crippen molar-refractivity contribution in [3.05, 3.63) is 0 Å². The van der Waals surface area contributed by atoms with Gasteiger partial charge in [-0.2, -0.15) is 4.31 Å². The highest BCUT2D eigenvalue weighted by atomic mass is 35.5. The fraction of sp³-hybridized carbons (Fsp3) is 1.00. The average Bonchev–Trinajstić information content (AvgIpc) is 2.27. The molecule has 1 atom stereocenters. The van der Waals surface area contributed by atoms with E-state index in [2.05, 4.69) is 0 Å². The number of ether oxygens (including phenoxy) is 1. The smallest absolute Gasteiger partial charge is 0.214 e.